The lowest BCUT2D eigenvalue weighted by atomic mass is 10.2. The van der Waals surface area contributed by atoms with Gasteiger partial charge in [-0.15, -0.1) is 0 Å². The van der Waals surface area contributed by atoms with Crippen LogP contribution < -0.4 is 10.4 Å². The zero-order valence-electron chi connectivity index (χ0n) is 15.0. The molecule has 5 heteroatoms. The van der Waals surface area contributed by atoms with Crippen molar-refractivity contribution in [3.8, 4) is 0 Å². The molecule has 2 aromatic rings. The number of aliphatic carboxylic acids is 1. The Morgan fingerprint density at radius 2 is 1.44 bits per heavy atom. The lowest BCUT2D eigenvalue weighted by molar-refractivity contribution is -0.139. The number of hydrogen-bond acceptors (Lipinski definition) is 3. The van der Waals surface area contributed by atoms with E-state index in [1.54, 1.807) is 0 Å². The molecule has 0 heterocycles. The Morgan fingerprint density at radius 1 is 1.00 bits per heavy atom. The van der Waals surface area contributed by atoms with Crippen molar-refractivity contribution in [2.24, 2.45) is 0 Å². The molecule has 0 bridgehead atoms. The van der Waals surface area contributed by atoms with Crippen molar-refractivity contribution in [1.29, 1.82) is 0 Å². The van der Waals surface area contributed by atoms with Crippen LogP contribution in [0, 0.1) is 0 Å². The predicted octanol–water partition coefficient (Wildman–Crippen LogP) is 2.40. The number of aliphatic hydroxyl groups is 1. The van der Waals surface area contributed by atoms with E-state index >= 15 is 0 Å². The molecule has 25 heavy (non-hydrogen) atoms. The number of rotatable bonds is 7. The largest absolute Gasteiger partial charge is 0.481 e. The van der Waals surface area contributed by atoms with Gasteiger partial charge < -0.3 is 14.6 Å². The van der Waals surface area contributed by atoms with Gasteiger partial charge in [0, 0.05) is 0 Å². The Hall–Kier alpha value is -1.95. The fourth-order valence-corrected chi connectivity index (χ4v) is 7.84. The standard InChI is InChI=1S/C20H26O4Si/c1-20(2,3)25(17-10-6-4-7-11-17,18-12-8-5-9-13-18)24-15-16(21)14-19(22)23/h4-13,16,21H,14-15H2,1-3H3,(H,22,23)/t16-/m0/s1. The highest BCUT2D eigenvalue weighted by atomic mass is 28.4. The van der Waals surface area contributed by atoms with Gasteiger partial charge in [0.1, 0.15) is 0 Å². The molecule has 0 fully saturated rings. The van der Waals surface area contributed by atoms with Gasteiger partial charge in [-0.25, -0.2) is 0 Å². The second-order valence-electron chi connectivity index (χ2n) is 7.23. The molecule has 2 N–H and O–H groups in total. The van der Waals surface area contributed by atoms with Crippen LogP contribution in [0.15, 0.2) is 60.7 Å². The molecule has 0 spiro atoms. The number of carbonyl (C=O) groups is 1. The van der Waals surface area contributed by atoms with E-state index in [9.17, 15) is 9.90 Å². The van der Waals surface area contributed by atoms with Crippen molar-refractivity contribution in [1.82, 2.24) is 0 Å². The number of carboxylic acids is 1. The average Bonchev–Trinajstić information content (AvgIpc) is 2.55. The number of hydrogen-bond donors (Lipinski definition) is 2. The molecule has 134 valence electrons. The molecule has 0 aliphatic rings. The first-order valence-electron chi connectivity index (χ1n) is 8.42. The highest BCUT2D eigenvalue weighted by molar-refractivity contribution is 6.99. The summed E-state index contributed by atoms with van der Waals surface area (Å²) in [6.07, 6.45) is -1.35. The van der Waals surface area contributed by atoms with Crippen LogP contribution in [-0.2, 0) is 9.22 Å². The van der Waals surface area contributed by atoms with Crippen molar-refractivity contribution in [3.63, 3.8) is 0 Å². The van der Waals surface area contributed by atoms with E-state index in [0.717, 1.165) is 10.4 Å². The van der Waals surface area contributed by atoms with Crippen LogP contribution in [0.25, 0.3) is 0 Å². The third kappa shape index (κ3) is 4.37. The maximum absolute atomic E-state index is 10.9. The van der Waals surface area contributed by atoms with Gasteiger partial charge in [0.2, 0.25) is 0 Å². The zero-order chi connectivity index (χ0) is 18.5. The summed E-state index contributed by atoms with van der Waals surface area (Å²) in [5.74, 6) is -1.03. The van der Waals surface area contributed by atoms with E-state index < -0.39 is 20.4 Å². The minimum atomic E-state index is -2.72. The summed E-state index contributed by atoms with van der Waals surface area (Å²) in [4.78, 5) is 10.9. The molecule has 0 aromatic heterocycles. The van der Waals surface area contributed by atoms with Crippen LogP contribution in [0.5, 0.6) is 0 Å². The molecule has 0 aliphatic carbocycles. The summed E-state index contributed by atoms with van der Waals surface area (Å²) in [5, 5.41) is 21.0. The van der Waals surface area contributed by atoms with Crippen LogP contribution in [-0.4, -0.2) is 37.2 Å². The van der Waals surface area contributed by atoms with Crippen LogP contribution in [0.1, 0.15) is 27.2 Å². The van der Waals surface area contributed by atoms with Gasteiger partial charge in [-0.1, -0.05) is 81.4 Å². The van der Waals surface area contributed by atoms with Crippen molar-refractivity contribution < 1.29 is 19.4 Å². The zero-order valence-corrected chi connectivity index (χ0v) is 16.0. The van der Waals surface area contributed by atoms with Gasteiger partial charge in [0.15, 0.2) is 0 Å². The summed E-state index contributed by atoms with van der Waals surface area (Å²) < 4.78 is 6.45. The van der Waals surface area contributed by atoms with Crippen molar-refractivity contribution in [2.45, 2.75) is 38.3 Å². The van der Waals surface area contributed by atoms with E-state index in [1.807, 2.05) is 36.4 Å². The third-order valence-corrected chi connectivity index (χ3v) is 9.32. The van der Waals surface area contributed by atoms with Crippen LogP contribution in [0.3, 0.4) is 0 Å². The summed E-state index contributed by atoms with van der Waals surface area (Å²) in [6.45, 7) is 6.42. The fraction of sp³-hybridized carbons (Fsp3) is 0.350. The minimum Gasteiger partial charge on any atom is -0.481 e. The van der Waals surface area contributed by atoms with Crippen molar-refractivity contribution in [2.75, 3.05) is 6.61 Å². The molecule has 0 amide bonds. The van der Waals surface area contributed by atoms with Crippen molar-refractivity contribution in [3.05, 3.63) is 60.7 Å². The number of aliphatic hydroxyl groups excluding tert-OH is 1. The molecule has 0 radical (unpaired) electrons. The Bertz CT molecular complexity index is 640. The molecule has 0 saturated carbocycles. The van der Waals surface area contributed by atoms with Crippen LogP contribution >= 0.6 is 0 Å². The first-order chi connectivity index (χ1) is 11.8. The third-order valence-electron chi connectivity index (χ3n) is 4.32. The lowest BCUT2D eigenvalue weighted by Gasteiger charge is -2.43. The number of carboxylic acid groups (broad SMARTS) is 1. The van der Waals surface area contributed by atoms with E-state index in [-0.39, 0.29) is 18.1 Å². The second kappa shape index (κ2) is 7.95. The molecule has 4 nitrogen and oxygen atoms in total. The first-order valence-corrected chi connectivity index (χ1v) is 10.3. The quantitative estimate of drug-likeness (QED) is 0.746. The van der Waals surface area contributed by atoms with E-state index in [4.69, 9.17) is 9.53 Å². The molecule has 0 aliphatic heterocycles. The van der Waals surface area contributed by atoms with Gasteiger partial charge in [0.05, 0.1) is 19.1 Å². The minimum absolute atomic E-state index is 0.000416. The highest BCUT2D eigenvalue weighted by Gasteiger charge is 2.50. The monoisotopic (exact) mass is 358 g/mol. The lowest BCUT2D eigenvalue weighted by Crippen LogP contribution is -2.67. The van der Waals surface area contributed by atoms with E-state index in [0.29, 0.717) is 0 Å². The van der Waals surface area contributed by atoms with E-state index in [1.165, 1.54) is 0 Å². The van der Waals surface area contributed by atoms with E-state index in [2.05, 4.69) is 45.0 Å². The van der Waals surface area contributed by atoms with Gasteiger partial charge in [-0.05, 0) is 15.4 Å². The predicted molar refractivity (Wildman–Crippen MR) is 102 cm³/mol. The summed E-state index contributed by atoms with van der Waals surface area (Å²) >= 11 is 0. The Balaban J connectivity index is 2.51. The van der Waals surface area contributed by atoms with Gasteiger partial charge in [-0.2, -0.15) is 0 Å². The summed E-state index contributed by atoms with van der Waals surface area (Å²) in [5.41, 5.74) is 0. The molecule has 0 saturated heterocycles. The molecule has 1 atom stereocenters. The molecule has 0 unspecified atom stereocenters. The van der Waals surface area contributed by atoms with Gasteiger partial charge >= 0.3 is 5.97 Å². The smallest absolute Gasteiger partial charge is 0.306 e. The topological polar surface area (TPSA) is 66.8 Å². The second-order valence-corrected chi connectivity index (χ2v) is 11.5. The van der Waals surface area contributed by atoms with Gasteiger partial charge in [-0.3, -0.25) is 4.79 Å². The maximum atomic E-state index is 10.9. The number of benzene rings is 2. The van der Waals surface area contributed by atoms with Gasteiger partial charge in [0.25, 0.3) is 8.32 Å². The SMILES string of the molecule is CC(C)(C)[Si](OC[C@@H](O)CC(=O)O)(c1ccccc1)c1ccccc1. The van der Waals surface area contributed by atoms with Crippen molar-refractivity contribution >= 4 is 24.7 Å². The average molecular weight is 359 g/mol. The molecule has 2 rings (SSSR count). The maximum Gasteiger partial charge on any atom is 0.306 e. The Labute approximate surface area is 150 Å². The fourth-order valence-electron chi connectivity index (χ4n) is 3.24. The highest BCUT2D eigenvalue weighted by Crippen LogP contribution is 2.36. The summed E-state index contributed by atoms with van der Waals surface area (Å²) in [6, 6.07) is 20.1. The van der Waals surface area contributed by atoms with Crippen LogP contribution in [0.2, 0.25) is 5.04 Å². The Kier molecular flexibility index (Phi) is 6.16. The molecular formula is C20H26O4Si. The van der Waals surface area contributed by atoms with Crippen LogP contribution in [0.4, 0.5) is 0 Å². The Morgan fingerprint density at radius 3 is 1.80 bits per heavy atom. The summed E-state index contributed by atoms with van der Waals surface area (Å²) in [7, 11) is -2.72. The normalized spacial score (nSPS) is 13.4. The molecular weight excluding hydrogens is 332 g/mol. The molecule has 2 aromatic carbocycles. The first kappa shape index (κ1) is 19.4.